The molecular weight excluding hydrogens is 510 g/mol. The van der Waals surface area contributed by atoms with Gasteiger partial charge < -0.3 is 10.1 Å². The number of amides is 2. The number of halogens is 1. The van der Waals surface area contributed by atoms with Crippen molar-refractivity contribution in [2.45, 2.75) is 12.8 Å². The molecule has 174 valence electrons. The van der Waals surface area contributed by atoms with E-state index in [-0.39, 0.29) is 24.8 Å². The second-order valence-electron chi connectivity index (χ2n) is 7.31. The van der Waals surface area contributed by atoms with E-state index >= 15 is 0 Å². The summed E-state index contributed by atoms with van der Waals surface area (Å²) >= 11 is 14.2. The van der Waals surface area contributed by atoms with Crippen LogP contribution in [0.4, 0.5) is 5.13 Å². The molecule has 0 spiro atoms. The standard InChI is InChI=1S/C24H20ClN3O3S3/c1-31-17-8-6-15(7-9-17)12-18-14-26-23(33-18)27-21(29)10-11-28-22(30)20(34-24(28)32)13-16-4-2-3-5-19(16)25/h2-9,13-14H,10-12H2,1H3,(H,26,27,29)/b20-13-. The van der Waals surface area contributed by atoms with E-state index in [1.807, 2.05) is 42.5 Å². The summed E-state index contributed by atoms with van der Waals surface area (Å²) in [6.07, 6.45) is 4.30. The van der Waals surface area contributed by atoms with Gasteiger partial charge in [0.25, 0.3) is 5.91 Å². The molecule has 0 aliphatic carbocycles. The van der Waals surface area contributed by atoms with Crippen molar-refractivity contribution in [1.82, 2.24) is 9.88 Å². The molecule has 2 aromatic carbocycles. The maximum atomic E-state index is 12.8. The van der Waals surface area contributed by atoms with E-state index < -0.39 is 0 Å². The Morgan fingerprint density at radius 3 is 2.74 bits per heavy atom. The Kier molecular flexibility index (Phi) is 7.99. The van der Waals surface area contributed by atoms with Gasteiger partial charge in [0.05, 0.1) is 12.0 Å². The van der Waals surface area contributed by atoms with Gasteiger partial charge in [-0.2, -0.15) is 0 Å². The van der Waals surface area contributed by atoms with Crippen molar-refractivity contribution in [3.05, 3.63) is 80.7 Å². The number of nitrogens with one attached hydrogen (secondary N) is 1. The zero-order valence-electron chi connectivity index (χ0n) is 18.1. The van der Waals surface area contributed by atoms with Crippen molar-refractivity contribution >= 4 is 74.3 Å². The number of carbonyl (C=O) groups excluding carboxylic acids is 2. The van der Waals surface area contributed by atoms with E-state index in [4.69, 9.17) is 28.6 Å². The number of hydrogen-bond acceptors (Lipinski definition) is 7. The first-order valence-electron chi connectivity index (χ1n) is 10.3. The molecule has 34 heavy (non-hydrogen) atoms. The van der Waals surface area contributed by atoms with Crippen LogP contribution in [0.1, 0.15) is 22.4 Å². The molecule has 1 N–H and O–H groups in total. The Labute approximate surface area is 216 Å². The SMILES string of the molecule is COc1ccc(Cc2cnc(NC(=O)CCN3C(=O)/C(=C/c4ccccc4Cl)SC3=S)s2)cc1. The summed E-state index contributed by atoms with van der Waals surface area (Å²) in [7, 11) is 1.63. The molecule has 4 rings (SSSR count). The normalized spacial score (nSPS) is 14.6. The van der Waals surface area contributed by atoms with Crippen molar-refractivity contribution in [3.63, 3.8) is 0 Å². The van der Waals surface area contributed by atoms with Crippen LogP contribution < -0.4 is 10.1 Å². The maximum Gasteiger partial charge on any atom is 0.266 e. The summed E-state index contributed by atoms with van der Waals surface area (Å²) in [5.41, 5.74) is 1.87. The number of hydrogen-bond donors (Lipinski definition) is 1. The van der Waals surface area contributed by atoms with Crippen molar-refractivity contribution < 1.29 is 14.3 Å². The Bertz CT molecular complexity index is 1260. The number of thiocarbonyl (C=S) groups is 1. The number of ether oxygens (including phenoxy) is 1. The minimum absolute atomic E-state index is 0.110. The number of methoxy groups -OCH3 is 1. The topological polar surface area (TPSA) is 71.5 Å². The van der Waals surface area contributed by atoms with Crippen LogP contribution in [0.5, 0.6) is 5.75 Å². The molecule has 10 heteroatoms. The monoisotopic (exact) mass is 529 g/mol. The van der Waals surface area contributed by atoms with Crippen LogP contribution in [-0.4, -0.2) is 39.7 Å². The van der Waals surface area contributed by atoms with Gasteiger partial charge in [-0.25, -0.2) is 4.98 Å². The van der Waals surface area contributed by atoms with Crippen LogP contribution in [-0.2, 0) is 16.0 Å². The summed E-state index contributed by atoms with van der Waals surface area (Å²) < 4.78 is 5.60. The largest absolute Gasteiger partial charge is 0.497 e. The minimum Gasteiger partial charge on any atom is -0.497 e. The molecule has 0 atom stereocenters. The van der Waals surface area contributed by atoms with E-state index in [0.717, 1.165) is 21.8 Å². The predicted octanol–water partition coefficient (Wildman–Crippen LogP) is 5.63. The van der Waals surface area contributed by atoms with Gasteiger partial charge in [-0.1, -0.05) is 65.9 Å². The van der Waals surface area contributed by atoms with Crippen molar-refractivity contribution in [1.29, 1.82) is 0 Å². The van der Waals surface area contributed by atoms with Crippen LogP contribution in [0.2, 0.25) is 5.02 Å². The molecule has 2 heterocycles. The number of aromatic nitrogens is 1. The molecule has 0 radical (unpaired) electrons. The summed E-state index contributed by atoms with van der Waals surface area (Å²) in [6, 6.07) is 15.1. The molecule has 1 aliphatic heterocycles. The lowest BCUT2D eigenvalue weighted by molar-refractivity contribution is -0.122. The highest BCUT2D eigenvalue weighted by molar-refractivity contribution is 8.26. The zero-order valence-corrected chi connectivity index (χ0v) is 21.3. The van der Waals surface area contributed by atoms with Gasteiger partial charge in [-0.15, -0.1) is 11.3 Å². The van der Waals surface area contributed by atoms with Gasteiger partial charge in [-0.3, -0.25) is 14.5 Å². The third-order valence-electron chi connectivity index (χ3n) is 4.97. The molecule has 1 aromatic heterocycles. The third-order valence-corrected chi connectivity index (χ3v) is 7.60. The number of benzene rings is 2. The quantitative estimate of drug-likeness (QED) is 0.301. The van der Waals surface area contributed by atoms with Crippen LogP contribution in [0.3, 0.4) is 0 Å². The van der Waals surface area contributed by atoms with Gasteiger partial charge in [-0.05, 0) is 35.4 Å². The van der Waals surface area contributed by atoms with Crippen molar-refractivity contribution in [2.75, 3.05) is 19.0 Å². The summed E-state index contributed by atoms with van der Waals surface area (Å²) in [6.45, 7) is 0.195. The molecular formula is C24H20ClN3O3S3. The Morgan fingerprint density at radius 1 is 1.24 bits per heavy atom. The smallest absolute Gasteiger partial charge is 0.266 e. The van der Waals surface area contributed by atoms with E-state index in [0.29, 0.717) is 25.8 Å². The first kappa shape index (κ1) is 24.4. The maximum absolute atomic E-state index is 12.8. The third kappa shape index (κ3) is 6.04. The fraction of sp³-hybridized carbons (Fsp3) is 0.167. The lowest BCUT2D eigenvalue weighted by Gasteiger charge is -2.13. The van der Waals surface area contributed by atoms with Gasteiger partial charge in [0.2, 0.25) is 5.91 Å². The van der Waals surface area contributed by atoms with E-state index in [9.17, 15) is 9.59 Å². The Hall–Kier alpha value is -2.72. The number of thiazole rings is 1. The highest BCUT2D eigenvalue weighted by atomic mass is 35.5. The summed E-state index contributed by atoms with van der Waals surface area (Å²) in [5, 5.41) is 3.89. The van der Waals surface area contributed by atoms with Gasteiger partial charge in [0, 0.05) is 35.5 Å². The molecule has 3 aromatic rings. The first-order valence-corrected chi connectivity index (χ1v) is 12.7. The molecule has 0 bridgehead atoms. The van der Waals surface area contributed by atoms with Gasteiger partial charge in [0.1, 0.15) is 10.1 Å². The number of thioether (sulfide) groups is 1. The van der Waals surface area contributed by atoms with Gasteiger partial charge >= 0.3 is 0 Å². The number of anilines is 1. The second-order valence-corrected chi connectivity index (χ2v) is 10.5. The van der Waals surface area contributed by atoms with Gasteiger partial charge in [0.15, 0.2) is 5.13 Å². The lowest BCUT2D eigenvalue weighted by Crippen LogP contribution is -2.31. The van der Waals surface area contributed by atoms with Crippen molar-refractivity contribution in [2.24, 2.45) is 0 Å². The molecule has 2 amide bonds. The van der Waals surface area contributed by atoms with Crippen LogP contribution in [0.15, 0.2) is 59.6 Å². The Morgan fingerprint density at radius 2 is 2.00 bits per heavy atom. The summed E-state index contributed by atoms with van der Waals surface area (Å²) in [4.78, 5) is 32.5. The predicted molar refractivity (Wildman–Crippen MR) is 142 cm³/mol. The average Bonchev–Trinajstić information content (AvgIpc) is 3.37. The Balaban J connectivity index is 1.30. The molecule has 0 saturated carbocycles. The zero-order chi connectivity index (χ0) is 24.1. The van der Waals surface area contributed by atoms with E-state index in [1.54, 1.807) is 25.4 Å². The number of nitrogens with zero attached hydrogens (tertiary/aromatic N) is 2. The van der Waals surface area contributed by atoms with Crippen LogP contribution in [0, 0.1) is 0 Å². The fourth-order valence-electron chi connectivity index (χ4n) is 3.21. The second kappa shape index (κ2) is 11.1. The van der Waals surface area contributed by atoms with E-state index in [1.165, 1.54) is 28.0 Å². The molecule has 6 nitrogen and oxygen atoms in total. The molecule has 1 aliphatic rings. The van der Waals surface area contributed by atoms with Crippen LogP contribution >= 0.6 is 46.9 Å². The number of carbonyl (C=O) groups is 2. The molecule has 1 saturated heterocycles. The average molecular weight is 530 g/mol. The molecule has 0 unspecified atom stereocenters. The van der Waals surface area contributed by atoms with Crippen LogP contribution in [0.25, 0.3) is 6.08 Å². The molecule has 1 fully saturated rings. The van der Waals surface area contributed by atoms with Crippen molar-refractivity contribution in [3.8, 4) is 5.75 Å². The fourth-order valence-corrected chi connectivity index (χ4v) is 5.57. The first-order chi connectivity index (χ1) is 16.4. The van der Waals surface area contributed by atoms with E-state index in [2.05, 4.69) is 10.3 Å². The lowest BCUT2D eigenvalue weighted by atomic mass is 10.1. The highest BCUT2D eigenvalue weighted by Gasteiger charge is 2.32. The summed E-state index contributed by atoms with van der Waals surface area (Å²) in [5.74, 6) is 0.357. The highest BCUT2D eigenvalue weighted by Crippen LogP contribution is 2.34. The minimum atomic E-state index is -0.227. The number of rotatable bonds is 8.